The van der Waals surface area contributed by atoms with Crippen LogP contribution in [0.2, 0.25) is 5.02 Å². The summed E-state index contributed by atoms with van der Waals surface area (Å²) in [5, 5.41) is 3.28. The van der Waals surface area contributed by atoms with Gasteiger partial charge in [-0.05, 0) is 6.92 Å². The Morgan fingerprint density at radius 1 is 1.60 bits per heavy atom. The molecule has 0 fully saturated rings. The summed E-state index contributed by atoms with van der Waals surface area (Å²) in [6.07, 6.45) is 3.98. The monoisotopic (exact) mass is 249 g/mol. The van der Waals surface area contributed by atoms with Gasteiger partial charge in [-0.3, -0.25) is 0 Å². The highest BCUT2D eigenvalue weighted by Gasteiger charge is 2.12. The Morgan fingerprint density at radius 2 is 2.27 bits per heavy atom. The third kappa shape index (κ3) is 4.44. The first kappa shape index (κ1) is 12.2. The first-order valence-corrected chi connectivity index (χ1v) is 6.72. The lowest BCUT2D eigenvalue weighted by molar-refractivity contribution is 0.598. The molecule has 0 bridgehead atoms. The van der Waals surface area contributed by atoms with E-state index in [1.807, 2.05) is 0 Å². The number of anilines is 1. The number of hydrogen-bond acceptors (Lipinski definition) is 5. The highest BCUT2D eigenvalue weighted by atomic mass is 35.5. The number of nitrogens with zero attached hydrogens (tertiary/aromatic N) is 2. The minimum absolute atomic E-state index is 0.0351. The Balaban J connectivity index is 2.67. The van der Waals surface area contributed by atoms with Gasteiger partial charge in [-0.2, -0.15) is 0 Å². The average Bonchev–Trinajstić information content (AvgIpc) is 2.05. The summed E-state index contributed by atoms with van der Waals surface area (Å²) in [4.78, 5) is 7.62. The minimum atomic E-state index is -3.01. The van der Waals surface area contributed by atoms with E-state index in [-0.39, 0.29) is 11.8 Å². The third-order valence-electron chi connectivity index (χ3n) is 1.60. The zero-order chi connectivity index (χ0) is 11.5. The minimum Gasteiger partial charge on any atom is -0.365 e. The summed E-state index contributed by atoms with van der Waals surface area (Å²) < 4.78 is 22.0. The highest BCUT2D eigenvalue weighted by Crippen LogP contribution is 2.17. The number of aromatic nitrogens is 2. The molecule has 0 spiro atoms. The molecule has 1 rings (SSSR count). The van der Waals surface area contributed by atoms with E-state index in [4.69, 9.17) is 11.6 Å². The Bertz CT molecular complexity index is 435. The molecule has 0 saturated heterocycles. The van der Waals surface area contributed by atoms with Crippen molar-refractivity contribution in [2.24, 2.45) is 0 Å². The van der Waals surface area contributed by atoms with Gasteiger partial charge in [0.05, 0.1) is 11.9 Å². The molecule has 0 aliphatic carbocycles. The molecule has 0 amide bonds. The second kappa shape index (κ2) is 4.76. The van der Waals surface area contributed by atoms with Crippen LogP contribution in [-0.4, -0.2) is 36.4 Å². The second-order valence-corrected chi connectivity index (χ2v) is 5.95. The molecular formula is C8H12ClN3O2S. The van der Waals surface area contributed by atoms with Crippen LogP contribution in [-0.2, 0) is 9.84 Å². The average molecular weight is 250 g/mol. The maximum Gasteiger partial charge on any atom is 0.149 e. The van der Waals surface area contributed by atoms with Crippen LogP contribution >= 0.6 is 11.6 Å². The summed E-state index contributed by atoms with van der Waals surface area (Å²) in [5.41, 5.74) is 0. The molecule has 0 radical (unpaired) electrons. The Hall–Kier alpha value is -0.880. The molecule has 1 aromatic rings. The first-order valence-electron chi connectivity index (χ1n) is 4.28. The van der Waals surface area contributed by atoms with Gasteiger partial charge in [-0.15, -0.1) is 0 Å². The lowest BCUT2D eigenvalue weighted by Gasteiger charge is -2.13. The van der Waals surface area contributed by atoms with Gasteiger partial charge in [-0.25, -0.2) is 18.4 Å². The van der Waals surface area contributed by atoms with Crippen LogP contribution in [0.25, 0.3) is 0 Å². The van der Waals surface area contributed by atoms with E-state index in [1.54, 1.807) is 6.92 Å². The molecule has 1 atom stereocenters. The molecule has 84 valence electrons. The van der Waals surface area contributed by atoms with Crippen molar-refractivity contribution >= 4 is 27.3 Å². The van der Waals surface area contributed by atoms with Gasteiger partial charge in [0.1, 0.15) is 27.0 Å². The summed E-state index contributed by atoms with van der Waals surface area (Å²) in [6.45, 7) is 1.75. The summed E-state index contributed by atoms with van der Waals surface area (Å²) >= 11 is 5.80. The Kier molecular flexibility index (Phi) is 3.87. The van der Waals surface area contributed by atoms with E-state index < -0.39 is 9.84 Å². The smallest absolute Gasteiger partial charge is 0.149 e. The largest absolute Gasteiger partial charge is 0.365 e. The fourth-order valence-electron chi connectivity index (χ4n) is 1.15. The lowest BCUT2D eigenvalue weighted by atomic mass is 10.4. The van der Waals surface area contributed by atoms with E-state index >= 15 is 0 Å². The predicted molar refractivity (Wildman–Crippen MR) is 59.8 cm³/mol. The SMILES string of the molecule is CC(CS(C)(=O)=O)Nc1ncncc1Cl. The molecule has 0 aliphatic heterocycles. The molecule has 1 N–H and O–H groups in total. The van der Waals surface area contributed by atoms with Crippen molar-refractivity contribution in [1.82, 2.24) is 9.97 Å². The number of nitrogens with one attached hydrogen (secondary N) is 1. The zero-order valence-corrected chi connectivity index (χ0v) is 10.0. The molecule has 0 aliphatic rings. The van der Waals surface area contributed by atoms with Crippen LogP contribution in [0.1, 0.15) is 6.92 Å². The number of sulfone groups is 1. The van der Waals surface area contributed by atoms with Crippen LogP contribution in [0, 0.1) is 0 Å². The normalized spacial score (nSPS) is 13.5. The first-order chi connectivity index (χ1) is 6.88. The fourth-order valence-corrected chi connectivity index (χ4v) is 2.30. The molecule has 5 nitrogen and oxygen atoms in total. The van der Waals surface area contributed by atoms with Gasteiger partial charge in [0, 0.05) is 12.3 Å². The topological polar surface area (TPSA) is 72.0 Å². The van der Waals surface area contributed by atoms with Crippen molar-refractivity contribution in [3.05, 3.63) is 17.5 Å². The van der Waals surface area contributed by atoms with Crippen molar-refractivity contribution in [1.29, 1.82) is 0 Å². The van der Waals surface area contributed by atoms with Crippen molar-refractivity contribution in [3.8, 4) is 0 Å². The van der Waals surface area contributed by atoms with Gasteiger partial charge < -0.3 is 5.32 Å². The fraction of sp³-hybridized carbons (Fsp3) is 0.500. The van der Waals surface area contributed by atoms with E-state index in [9.17, 15) is 8.42 Å². The van der Waals surface area contributed by atoms with Gasteiger partial charge in [0.25, 0.3) is 0 Å². The molecule has 1 unspecified atom stereocenters. The molecule has 0 saturated carbocycles. The predicted octanol–water partition coefficient (Wildman–Crippen LogP) is 0.975. The molecule has 1 heterocycles. The van der Waals surface area contributed by atoms with E-state index in [0.29, 0.717) is 10.8 Å². The van der Waals surface area contributed by atoms with Crippen LogP contribution in [0.15, 0.2) is 12.5 Å². The summed E-state index contributed by atoms with van der Waals surface area (Å²) in [6, 6.07) is -0.243. The maximum absolute atomic E-state index is 11.0. The Labute approximate surface area is 93.8 Å². The molecule has 0 aromatic carbocycles. The van der Waals surface area contributed by atoms with Crippen LogP contribution < -0.4 is 5.32 Å². The molecular weight excluding hydrogens is 238 g/mol. The lowest BCUT2D eigenvalue weighted by Crippen LogP contribution is -2.25. The quantitative estimate of drug-likeness (QED) is 0.861. The van der Waals surface area contributed by atoms with Crippen LogP contribution in [0.3, 0.4) is 0 Å². The summed E-state index contributed by atoms with van der Waals surface area (Å²) in [5.74, 6) is 0.482. The number of halogens is 1. The molecule has 7 heteroatoms. The highest BCUT2D eigenvalue weighted by molar-refractivity contribution is 7.90. The summed E-state index contributed by atoms with van der Waals surface area (Å²) in [7, 11) is -3.01. The van der Waals surface area contributed by atoms with E-state index in [1.165, 1.54) is 18.8 Å². The van der Waals surface area contributed by atoms with Crippen LogP contribution in [0.5, 0.6) is 0 Å². The Morgan fingerprint density at radius 3 is 2.80 bits per heavy atom. The number of rotatable bonds is 4. The number of hydrogen-bond donors (Lipinski definition) is 1. The van der Waals surface area contributed by atoms with Crippen molar-refractivity contribution < 1.29 is 8.42 Å². The van der Waals surface area contributed by atoms with Gasteiger partial charge in [0.2, 0.25) is 0 Å². The van der Waals surface area contributed by atoms with Gasteiger partial charge in [-0.1, -0.05) is 11.6 Å². The van der Waals surface area contributed by atoms with Gasteiger partial charge >= 0.3 is 0 Å². The van der Waals surface area contributed by atoms with E-state index in [2.05, 4.69) is 15.3 Å². The zero-order valence-electron chi connectivity index (χ0n) is 8.44. The van der Waals surface area contributed by atoms with E-state index in [0.717, 1.165) is 0 Å². The second-order valence-electron chi connectivity index (χ2n) is 3.36. The van der Waals surface area contributed by atoms with Crippen molar-refractivity contribution in [3.63, 3.8) is 0 Å². The molecule has 1 aromatic heterocycles. The van der Waals surface area contributed by atoms with Crippen molar-refractivity contribution in [2.75, 3.05) is 17.3 Å². The van der Waals surface area contributed by atoms with Crippen LogP contribution in [0.4, 0.5) is 5.82 Å². The standard InChI is InChI=1S/C8H12ClN3O2S/c1-6(4-15(2,13)14)12-8-7(9)3-10-5-11-8/h3,5-6H,4H2,1-2H3,(H,10,11,12). The van der Waals surface area contributed by atoms with Gasteiger partial charge in [0.15, 0.2) is 0 Å². The maximum atomic E-state index is 11.0. The molecule has 15 heavy (non-hydrogen) atoms. The van der Waals surface area contributed by atoms with Crippen molar-refractivity contribution in [2.45, 2.75) is 13.0 Å². The third-order valence-corrected chi connectivity index (χ3v) is 2.99.